The fraction of sp³-hybridized carbons (Fsp3) is 0. The molecule has 0 spiro atoms. The lowest BCUT2D eigenvalue weighted by molar-refractivity contribution is 1.21. The molecule has 15 rings (SSSR count). The van der Waals surface area contributed by atoms with Gasteiger partial charge in [0.1, 0.15) is 0 Å². The Hall–Kier alpha value is -9.08. The van der Waals surface area contributed by atoms with Crippen LogP contribution in [0.4, 0.5) is 0 Å². The first kappa shape index (κ1) is 40.8. The molecule has 0 unspecified atom stereocenters. The van der Waals surface area contributed by atoms with Gasteiger partial charge in [0.15, 0.2) is 0 Å². The molecule has 0 fully saturated rings. The van der Waals surface area contributed by atoms with E-state index in [1.165, 1.54) is 146 Å². The van der Waals surface area contributed by atoms with Crippen molar-refractivity contribution in [2.45, 2.75) is 0 Å². The Morgan fingerprint density at radius 3 is 1.14 bits per heavy atom. The smallest absolute Gasteiger partial charge is 0.0619 e. The Morgan fingerprint density at radius 2 is 0.639 bits per heavy atom. The first-order valence-corrected chi connectivity index (χ1v) is 25.6. The second-order valence-corrected chi connectivity index (χ2v) is 20.1. The van der Waals surface area contributed by atoms with Crippen molar-refractivity contribution < 1.29 is 0 Å². The number of thiophene rings is 1. The molecular formula is C70H43NS. The van der Waals surface area contributed by atoms with Gasteiger partial charge in [-0.3, -0.25) is 0 Å². The highest BCUT2D eigenvalue weighted by molar-refractivity contribution is 7.26. The van der Waals surface area contributed by atoms with Gasteiger partial charge in [0.05, 0.1) is 16.7 Å². The van der Waals surface area contributed by atoms with Crippen LogP contribution in [0.3, 0.4) is 0 Å². The Kier molecular flexibility index (Phi) is 9.20. The molecule has 0 saturated carbocycles. The maximum atomic E-state index is 2.55. The number of benzene rings is 13. The van der Waals surface area contributed by atoms with Crippen molar-refractivity contribution >= 4 is 96.4 Å². The fourth-order valence-electron chi connectivity index (χ4n) is 12.0. The monoisotopic (exact) mass is 929 g/mol. The van der Waals surface area contributed by atoms with Gasteiger partial charge in [-0.25, -0.2) is 0 Å². The summed E-state index contributed by atoms with van der Waals surface area (Å²) >= 11 is 1.92. The van der Waals surface area contributed by atoms with Gasteiger partial charge < -0.3 is 4.57 Å². The van der Waals surface area contributed by atoms with Crippen molar-refractivity contribution in [1.29, 1.82) is 0 Å². The third kappa shape index (κ3) is 6.19. The summed E-state index contributed by atoms with van der Waals surface area (Å²) < 4.78 is 5.14. The minimum atomic E-state index is 1.19. The molecule has 13 aromatic carbocycles. The lowest BCUT2D eigenvalue weighted by Gasteiger charge is -2.20. The molecule has 0 atom stereocenters. The molecule has 0 aliphatic heterocycles. The topological polar surface area (TPSA) is 4.93 Å². The lowest BCUT2D eigenvalue weighted by atomic mass is 9.86. The molecular weight excluding hydrogens is 887 g/mol. The Morgan fingerprint density at radius 1 is 0.236 bits per heavy atom. The summed E-state index contributed by atoms with van der Waals surface area (Å²) in [5.41, 5.74) is 16.0. The average molecular weight is 930 g/mol. The van der Waals surface area contributed by atoms with Crippen LogP contribution >= 0.6 is 11.3 Å². The second kappa shape index (κ2) is 16.2. The molecule has 0 amide bonds. The summed E-state index contributed by atoms with van der Waals surface area (Å²) in [4.78, 5) is 0. The van der Waals surface area contributed by atoms with Crippen molar-refractivity contribution in [2.24, 2.45) is 0 Å². The van der Waals surface area contributed by atoms with Crippen LogP contribution in [0.15, 0.2) is 261 Å². The molecule has 0 N–H and O–H groups in total. The van der Waals surface area contributed by atoms with Crippen molar-refractivity contribution in [3.63, 3.8) is 0 Å². The molecule has 72 heavy (non-hydrogen) atoms. The van der Waals surface area contributed by atoms with Gasteiger partial charge in [-0.1, -0.05) is 231 Å². The zero-order valence-corrected chi connectivity index (χ0v) is 40.0. The maximum absolute atomic E-state index is 2.55. The van der Waals surface area contributed by atoms with Gasteiger partial charge in [-0.05, 0) is 113 Å². The molecule has 0 bridgehead atoms. The first-order chi connectivity index (χ1) is 35.7. The molecule has 0 aliphatic rings. The predicted molar refractivity (Wildman–Crippen MR) is 311 cm³/mol. The highest BCUT2D eigenvalue weighted by atomic mass is 32.1. The van der Waals surface area contributed by atoms with E-state index in [9.17, 15) is 0 Å². The molecule has 0 saturated heterocycles. The number of nitrogens with zero attached hydrogens (tertiary/aromatic N) is 1. The summed E-state index contributed by atoms with van der Waals surface area (Å²) in [5.74, 6) is 0. The molecule has 15 aromatic rings. The van der Waals surface area contributed by atoms with Crippen molar-refractivity contribution in [2.75, 3.05) is 0 Å². The van der Waals surface area contributed by atoms with Crippen molar-refractivity contribution in [3.8, 4) is 61.3 Å². The number of aromatic nitrogens is 1. The number of hydrogen-bond donors (Lipinski definition) is 0. The predicted octanol–water partition coefficient (Wildman–Crippen LogP) is 20.1. The van der Waals surface area contributed by atoms with E-state index in [2.05, 4.69) is 265 Å². The van der Waals surface area contributed by atoms with E-state index in [4.69, 9.17) is 0 Å². The first-order valence-electron chi connectivity index (χ1n) is 24.8. The van der Waals surface area contributed by atoms with E-state index in [0.29, 0.717) is 0 Å². The summed E-state index contributed by atoms with van der Waals surface area (Å²) in [6, 6.07) is 96.7. The summed E-state index contributed by atoms with van der Waals surface area (Å²) in [7, 11) is 0. The largest absolute Gasteiger partial charge is 0.308 e. The summed E-state index contributed by atoms with van der Waals surface area (Å²) in [6.45, 7) is 0. The van der Waals surface area contributed by atoms with Crippen molar-refractivity contribution in [1.82, 2.24) is 4.57 Å². The van der Waals surface area contributed by atoms with Gasteiger partial charge >= 0.3 is 0 Å². The van der Waals surface area contributed by atoms with Crippen LogP contribution in [-0.2, 0) is 0 Å². The van der Waals surface area contributed by atoms with E-state index in [1.54, 1.807) is 0 Å². The molecule has 2 heterocycles. The number of rotatable bonds is 6. The van der Waals surface area contributed by atoms with Crippen LogP contribution < -0.4 is 0 Å². The van der Waals surface area contributed by atoms with Gasteiger partial charge in [0, 0.05) is 47.3 Å². The zero-order chi connectivity index (χ0) is 47.3. The van der Waals surface area contributed by atoms with E-state index < -0.39 is 0 Å². The third-order valence-electron chi connectivity index (χ3n) is 15.2. The Labute approximate surface area is 420 Å². The Bertz CT molecular complexity index is 4450. The standard InChI is InChI=1S/C70H43NS/c1-4-19-44(20-5-1)47-36-39-63-61(41-47)62-42-48(45-21-6-2-7-22-45)37-40-64(62)71(63)69-57-31-16-14-29-55(57)68(56-30-15-17-32-58(56)69)60-34-18-33-59-50-38-35-49(43-65(50)72-70(59)60)67-53-27-12-10-25-51(53)66(46-23-8-3-9-24-46)52-26-11-13-28-54(52)67/h1-43H. The van der Waals surface area contributed by atoms with Crippen LogP contribution in [0, 0.1) is 0 Å². The quantitative estimate of drug-likeness (QED) is 0.146. The second-order valence-electron chi connectivity index (χ2n) is 19.0. The molecule has 334 valence electrons. The van der Waals surface area contributed by atoms with Crippen LogP contribution in [0.1, 0.15) is 0 Å². The van der Waals surface area contributed by atoms with Crippen molar-refractivity contribution in [3.05, 3.63) is 261 Å². The van der Waals surface area contributed by atoms with E-state index in [-0.39, 0.29) is 0 Å². The Balaban J connectivity index is 0.961. The third-order valence-corrected chi connectivity index (χ3v) is 16.4. The van der Waals surface area contributed by atoms with E-state index >= 15 is 0 Å². The summed E-state index contributed by atoms with van der Waals surface area (Å²) in [6.07, 6.45) is 0. The SMILES string of the molecule is c1ccc(-c2ccc3c(c2)c2cc(-c4ccccc4)ccc2n3-c2c3ccccc3c(-c3cccc4c3sc3cc(-c5c6ccccc6c(-c6ccccc6)c6ccccc56)ccc34)c3ccccc23)cc1. The van der Waals surface area contributed by atoms with Crippen LogP contribution in [0.5, 0.6) is 0 Å². The highest BCUT2D eigenvalue weighted by Crippen LogP contribution is 2.50. The summed E-state index contributed by atoms with van der Waals surface area (Å²) in [5, 5.41) is 15.1. The van der Waals surface area contributed by atoms with Crippen LogP contribution in [0.25, 0.3) is 146 Å². The molecule has 2 heteroatoms. The van der Waals surface area contributed by atoms with Gasteiger partial charge in [-0.15, -0.1) is 11.3 Å². The fourth-order valence-corrected chi connectivity index (χ4v) is 13.3. The van der Waals surface area contributed by atoms with Crippen LogP contribution in [-0.4, -0.2) is 4.57 Å². The lowest BCUT2D eigenvalue weighted by Crippen LogP contribution is -1.99. The van der Waals surface area contributed by atoms with Gasteiger partial charge in [0.25, 0.3) is 0 Å². The average Bonchev–Trinajstić information content (AvgIpc) is 3.99. The van der Waals surface area contributed by atoms with Gasteiger partial charge in [-0.2, -0.15) is 0 Å². The zero-order valence-electron chi connectivity index (χ0n) is 39.2. The number of fused-ring (bicyclic) bond motifs is 10. The normalized spacial score (nSPS) is 11.9. The number of hydrogen-bond acceptors (Lipinski definition) is 1. The molecule has 0 aliphatic carbocycles. The van der Waals surface area contributed by atoms with Gasteiger partial charge in [0.2, 0.25) is 0 Å². The van der Waals surface area contributed by atoms with Crippen LogP contribution in [0.2, 0.25) is 0 Å². The van der Waals surface area contributed by atoms with E-state index in [1.807, 2.05) is 11.3 Å². The minimum Gasteiger partial charge on any atom is -0.308 e. The van der Waals surface area contributed by atoms with E-state index in [0.717, 1.165) is 0 Å². The highest BCUT2D eigenvalue weighted by Gasteiger charge is 2.24. The molecule has 0 radical (unpaired) electrons. The molecule has 2 aromatic heterocycles. The molecule has 1 nitrogen and oxygen atoms in total. The minimum absolute atomic E-state index is 1.19. The maximum Gasteiger partial charge on any atom is 0.0619 e.